The summed E-state index contributed by atoms with van der Waals surface area (Å²) in [6.07, 6.45) is 1.95. The fourth-order valence-electron chi connectivity index (χ4n) is 1.63. The molecule has 0 aliphatic rings. The fourth-order valence-corrected chi connectivity index (χ4v) is 1.63. The van der Waals surface area contributed by atoms with Crippen LogP contribution in [0, 0.1) is 6.92 Å². The first-order valence-electron chi connectivity index (χ1n) is 4.49. The monoisotopic (exact) mass is 188 g/mol. The smallest absolute Gasteiger partial charge is 0.389 e. The van der Waals surface area contributed by atoms with Crippen molar-refractivity contribution in [3.05, 3.63) is 30.3 Å². The Morgan fingerprint density at radius 1 is 1.43 bits per heavy atom. The summed E-state index contributed by atoms with van der Waals surface area (Å²) in [4.78, 5) is 4.47. The standard InChI is InChI=1S/C10H10N3O/c1-7-12(2)9-10(14-7)13-6-4-3-5-8(13)11-9/h3-6H,1-2H3/q+1. The Morgan fingerprint density at radius 3 is 3.14 bits per heavy atom. The second kappa shape index (κ2) is 2.35. The number of hydrogen-bond acceptors (Lipinski definition) is 2. The third-order valence-corrected chi connectivity index (χ3v) is 2.50. The van der Waals surface area contributed by atoms with Gasteiger partial charge in [-0.05, 0) is 11.1 Å². The molecular weight excluding hydrogens is 178 g/mol. The molecule has 4 nitrogen and oxygen atoms in total. The van der Waals surface area contributed by atoms with Gasteiger partial charge in [-0.3, -0.25) is 0 Å². The van der Waals surface area contributed by atoms with Crippen LogP contribution >= 0.6 is 0 Å². The summed E-state index contributed by atoms with van der Waals surface area (Å²) in [5.41, 5.74) is 2.60. The van der Waals surface area contributed by atoms with Crippen molar-refractivity contribution in [3.8, 4) is 0 Å². The molecule has 3 aromatic rings. The van der Waals surface area contributed by atoms with E-state index in [1.54, 1.807) is 0 Å². The Bertz CT molecular complexity index is 621. The Kier molecular flexibility index (Phi) is 1.27. The largest absolute Gasteiger partial charge is 0.401 e. The Labute approximate surface area is 80.4 Å². The van der Waals surface area contributed by atoms with E-state index < -0.39 is 0 Å². The predicted octanol–water partition coefficient (Wildman–Crippen LogP) is 1.21. The number of pyridine rings is 1. The Hall–Kier alpha value is -1.84. The second-order valence-corrected chi connectivity index (χ2v) is 3.35. The highest BCUT2D eigenvalue weighted by atomic mass is 16.4. The third kappa shape index (κ3) is 0.775. The summed E-state index contributed by atoms with van der Waals surface area (Å²) in [6, 6.07) is 5.89. The van der Waals surface area contributed by atoms with Gasteiger partial charge in [0.1, 0.15) is 0 Å². The zero-order valence-corrected chi connectivity index (χ0v) is 8.06. The van der Waals surface area contributed by atoms with Gasteiger partial charge in [0.05, 0.1) is 7.05 Å². The van der Waals surface area contributed by atoms with Gasteiger partial charge < -0.3 is 4.42 Å². The molecule has 3 aromatic heterocycles. The molecule has 0 N–H and O–H groups in total. The number of aromatic nitrogens is 3. The van der Waals surface area contributed by atoms with Crippen molar-refractivity contribution in [2.75, 3.05) is 0 Å². The van der Waals surface area contributed by atoms with Crippen LogP contribution in [0.4, 0.5) is 0 Å². The first-order chi connectivity index (χ1) is 6.77. The lowest BCUT2D eigenvalue weighted by atomic mass is 10.5. The van der Waals surface area contributed by atoms with Crippen LogP contribution in [0.25, 0.3) is 17.0 Å². The van der Waals surface area contributed by atoms with Crippen molar-refractivity contribution in [3.63, 3.8) is 0 Å². The lowest BCUT2D eigenvalue weighted by Gasteiger charge is -1.86. The van der Waals surface area contributed by atoms with Crippen molar-refractivity contribution >= 4 is 17.0 Å². The highest BCUT2D eigenvalue weighted by Crippen LogP contribution is 2.14. The quantitative estimate of drug-likeness (QED) is 0.497. The molecule has 0 saturated heterocycles. The summed E-state index contributed by atoms with van der Waals surface area (Å²) >= 11 is 0. The molecule has 70 valence electrons. The van der Waals surface area contributed by atoms with E-state index in [0.717, 1.165) is 22.9 Å². The van der Waals surface area contributed by atoms with Crippen LogP contribution in [0.3, 0.4) is 0 Å². The van der Waals surface area contributed by atoms with E-state index in [1.165, 1.54) is 0 Å². The molecule has 3 rings (SSSR count). The summed E-state index contributed by atoms with van der Waals surface area (Å²) < 4.78 is 9.51. The zero-order chi connectivity index (χ0) is 9.71. The van der Waals surface area contributed by atoms with Crippen molar-refractivity contribution in [2.24, 2.45) is 7.05 Å². The second-order valence-electron chi connectivity index (χ2n) is 3.35. The first-order valence-corrected chi connectivity index (χ1v) is 4.49. The minimum absolute atomic E-state index is 0.806. The summed E-state index contributed by atoms with van der Waals surface area (Å²) in [7, 11) is 1.95. The van der Waals surface area contributed by atoms with E-state index in [-0.39, 0.29) is 0 Å². The van der Waals surface area contributed by atoms with Gasteiger partial charge in [-0.15, -0.1) is 0 Å². The van der Waals surface area contributed by atoms with Gasteiger partial charge in [-0.2, -0.15) is 4.57 Å². The fraction of sp³-hybridized carbons (Fsp3) is 0.200. The lowest BCUT2D eigenvalue weighted by molar-refractivity contribution is -0.658. The van der Waals surface area contributed by atoms with Gasteiger partial charge in [-0.1, -0.05) is 6.07 Å². The van der Waals surface area contributed by atoms with Crippen molar-refractivity contribution in [2.45, 2.75) is 6.92 Å². The molecule has 3 heterocycles. The molecule has 0 bridgehead atoms. The minimum atomic E-state index is 0.806. The van der Waals surface area contributed by atoms with Gasteiger partial charge >= 0.3 is 11.4 Å². The molecule has 0 aliphatic heterocycles. The van der Waals surface area contributed by atoms with E-state index in [2.05, 4.69) is 4.98 Å². The van der Waals surface area contributed by atoms with E-state index in [4.69, 9.17) is 4.42 Å². The van der Waals surface area contributed by atoms with E-state index in [0.29, 0.717) is 0 Å². The van der Waals surface area contributed by atoms with E-state index >= 15 is 0 Å². The topological polar surface area (TPSA) is 34.3 Å². The van der Waals surface area contributed by atoms with Crippen LogP contribution < -0.4 is 4.57 Å². The van der Waals surface area contributed by atoms with Crippen molar-refractivity contribution in [1.82, 2.24) is 9.38 Å². The normalized spacial score (nSPS) is 11.6. The number of fused-ring (bicyclic) bond motifs is 3. The number of aryl methyl sites for hydroxylation is 2. The summed E-state index contributed by atoms with van der Waals surface area (Å²) in [5, 5.41) is 0. The number of oxazole rings is 1. The third-order valence-electron chi connectivity index (χ3n) is 2.50. The molecular formula is C10H10N3O+. The van der Waals surface area contributed by atoms with E-state index in [1.807, 2.05) is 47.3 Å². The number of rotatable bonds is 0. The van der Waals surface area contributed by atoms with Gasteiger partial charge in [0.25, 0.3) is 11.5 Å². The zero-order valence-electron chi connectivity index (χ0n) is 8.06. The molecule has 0 spiro atoms. The van der Waals surface area contributed by atoms with Crippen LogP contribution in [0.15, 0.2) is 28.8 Å². The molecule has 0 fully saturated rings. The van der Waals surface area contributed by atoms with Gasteiger partial charge in [-0.25, -0.2) is 4.40 Å². The number of hydrogen-bond donors (Lipinski definition) is 0. The molecule has 0 aromatic carbocycles. The van der Waals surface area contributed by atoms with Gasteiger partial charge in [0.2, 0.25) is 0 Å². The van der Waals surface area contributed by atoms with E-state index in [9.17, 15) is 0 Å². The van der Waals surface area contributed by atoms with Crippen LogP contribution in [0.2, 0.25) is 0 Å². The van der Waals surface area contributed by atoms with Crippen molar-refractivity contribution < 1.29 is 8.98 Å². The first kappa shape index (κ1) is 7.55. The summed E-state index contributed by atoms with van der Waals surface area (Å²) in [6.45, 7) is 1.93. The number of nitrogens with zero attached hydrogens (tertiary/aromatic N) is 3. The van der Waals surface area contributed by atoms with Gasteiger partial charge in [0.15, 0.2) is 0 Å². The predicted molar refractivity (Wildman–Crippen MR) is 50.9 cm³/mol. The highest BCUT2D eigenvalue weighted by molar-refractivity contribution is 5.68. The van der Waals surface area contributed by atoms with Crippen molar-refractivity contribution in [1.29, 1.82) is 0 Å². The molecule has 0 amide bonds. The lowest BCUT2D eigenvalue weighted by Crippen LogP contribution is -2.29. The van der Waals surface area contributed by atoms with Gasteiger partial charge in [0, 0.05) is 19.2 Å². The molecule has 0 saturated carbocycles. The molecule has 0 unspecified atom stereocenters. The average Bonchev–Trinajstić information content (AvgIpc) is 2.67. The highest BCUT2D eigenvalue weighted by Gasteiger charge is 2.21. The number of imidazole rings is 1. The maximum atomic E-state index is 5.62. The Balaban J connectivity index is 2.60. The molecule has 0 aliphatic carbocycles. The van der Waals surface area contributed by atoms with Crippen LogP contribution in [0.1, 0.15) is 5.89 Å². The van der Waals surface area contributed by atoms with Crippen LogP contribution in [-0.4, -0.2) is 9.38 Å². The SMILES string of the molecule is Cc1oc2c(nc3ccccn32)[n+]1C. The minimum Gasteiger partial charge on any atom is -0.401 e. The Morgan fingerprint density at radius 2 is 2.29 bits per heavy atom. The maximum absolute atomic E-state index is 5.62. The molecule has 4 heteroatoms. The molecule has 0 radical (unpaired) electrons. The van der Waals surface area contributed by atoms with Crippen LogP contribution in [-0.2, 0) is 7.05 Å². The van der Waals surface area contributed by atoms with Crippen LogP contribution in [0.5, 0.6) is 0 Å². The molecule has 14 heavy (non-hydrogen) atoms. The molecule has 0 atom stereocenters. The average molecular weight is 188 g/mol. The summed E-state index contributed by atoms with van der Waals surface area (Å²) in [5.74, 6) is 0.862. The maximum Gasteiger partial charge on any atom is 0.389 e.